The second-order valence-electron chi connectivity index (χ2n) is 6.75. The molecular weight excluding hydrogens is 364 g/mol. The van der Waals surface area contributed by atoms with Crippen LogP contribution in [0.2, 0.25) is 0 Å². The van der Waals surface area contributed by atoms with E-state index in [0.29, 0.717) is 0 Å². The molecule has 0 bridgehead atoms. The third-order valence-electron chi connectivity index (χ3n) is 4.47. The summed E-state index contributed by atoms with van der Waals surface area (Å²) in [5.41, 5.74) is 0.773. The topological polar surface area (TPSA) is 137 Å². The first kappa shape index (κ1) is 21.4. The smallest absolute Gasteiger partial charge is 0.326 e. The van der Waals surface area contributed by atoms with Gasteiger partial charge in [-0.25, -0.2) is 4.79 Å². The van der Waals surface area contributed by atoms with Crippen molar-refractivity contribution < 1.29 is 24.3 Å². The number of amides is 3. The molecule has 9 nitrogen and oxygen atoms in total. The van der Waals surface area contributed by atoms with Gasteiger partial charge in [0, 0.05) is 6.42 Å². The molecule has 0 aromatic heterocycles. The molecule has 5 N–H and O–H groups in total. The number of carboxylic acids is 1. The highest BCUT2D eigenvalue weighted by Crippen LogP contribution is 2.05. The highest BCUT2D eigenvalue weighted by atomic mass is 16.4. The Morgan fingerprint density at radius 3 is 2.50 bits per heavy atom. The summed E-state index contributed by atoms with van der Waals surface area (Å²) in [6.45, 7) is 1.98. The summed E-state index contributed by atoms with van der Waals surface area (Å²) in [5, 5.41) is 19.8. The molecule has 152 valence electrons. The summed E-state index contributed by atoms with van der Waals surface area (Å²) in [7, 11) is 0. The summed E-state index contributed by atoms with van der Waals surface area (Å²) < 4.78 is 0. The van der Waals surface area contributed by atoms with Crippen LogP contribution in [0.15, 0.2) is 30.3 Å². The minimum atomic E-state index is -1.16. The number of rotatable bonds is 9. The summed E-state index contributed by atoms with van der Waals surface area (Å²) in [6, 6.07) is 6.60. The second-order valence-corrected chi connectivity index (χ2v) is 6.75. The molecule has 0 aliphatic carbocycles. The van der Waals surface area contributed by atoms with E-state index in [2.05, 4.69) is 21.3 Å². The molecule has 3 amide bonds. The third kappa shape index (κ3) is 6.66. The van der Waals surface area contributed by atoms with Crippen LogP contribution < -0.4 is 21.3 Å². The number of carbonyl (C=O) groups is 4. The highest BCUT2D eigenvalue weighted by Gasteiger charge is 2.25. The minimum absolute atomic E-state index is 0.132. The maximum absolute atomic E-state index is 12.2. The number of nitrogens with one attached hydrogen (secondary N) is 4. The Morgan fingerprint density at radius 2 is 1.89 bits per heavy atom. The molecule has 0 saturated carbocycles. The molecule has 1 aliphatic heterocycles. The van der Waals surface area contributed by atoms with Crippen molar-refractivity contribution in [2.24, 2.45) is 0 Å². The van der Waals surface area contributed by atoms with Crippen molar-refractivity contribution in [3.05, 3.63) is 35.9 Å². The van der Waals surface area contributed by atoms with Gasteiger partial charge in [0.15, 0.2) is 0 Å². The molecule has 0 radical (unpaired) electrons. The molecule has 1 aliphatic rings. The van der Waals surface area contributed by atoms with Crippen LogP contribution in [0.1, 0.15) is 25.3 Å². The lowest BCUT2D eigenvalue weighted by Gasteiger charge is -2.19. The van der Waals surface area contributed by atoms with Crippen molar-refractivity contribution in [1.29, 1.82) is 0 Å². The van der Waals surface area contributed by atoms with E-state index in [9.17, 15) is 24.3 Å². The maximum atomic E-state index is 12.2. The van der Waals surface area contributed by atoms with Crippen molar-refractivity contribution in [2.75, 3.05) is 13.1 Å². The molecule has 1 aromatic carbocycles. The summed E-state index contributed by atoms with van der Waals surface area (Å²) in [4.78, 5) is 47.5. The first-order chi connectivity index (χ1) is 13.4. The molecule has 2 rings (SSSR count). The summed E-state index contributed by atoms with van der Waals surface area (Å²) in [6.07, 6.45) is 1.77. The van der Waals surface area contributed by atoms with E-state index >= 15 is 0 Å². The fourth-order valence-corrected chi connectivity index (χ4v) is 2.90. The number of hydrogen-bond acceptors (Lipinski definition) is 5. The lowest BCUT2D eigenvalue weighted by molar-refractivity contribution is -0.142. The second kappa shape index (κ2) is 10.4. The first-order valence-corrected chi connectivity index (χ1v) is 9.24. The Balaban J connectivity index is 1.78. The number of carboxylic acid groups (broad SMARTS) is 1. The summed E-state index contributed by atoms with van der Waals surface area (Å²) >= 11 is 0. The molecule has 1 saturated heterocycles. The van der Waals surface area contributed by atoms with Crippen LogP contribution in [0, 0.1) is 0 Å². The van der Waals surface area contributed by atoms with Crippen LogP contribution in [0.4, 0.5) is 0 Å². The van der Waals surface area contributed by atoms with Crippen molar-refractivity contribution in [1.82, 2.24) is 21.3 Å². The van der Waals surface area contributed by atoms with Gasteiger partial charge < -0.3 is 26.4 Å². The molecule has 3 atom stereocenters. The van der Waals surface area contributed by atoms with E-state index in [4.69, 9.17) is 0 Å². The molecule has 1 aromatic rings. The molecule has 28 heavy (non-hydrogen) atoms. The Bertz CT molecular complexity index is 704. The Morgan fingerprint density at radius 1 is 1.18 bits per heavy atom. The minimum Gasteiger partial charge on any atom is -0.480 e. The van der Waals surface area contributed by atoms with E-state index in [-0.39, 0.29) is 24.9 Å². The average Bonchev–Trinajstić information content (AvgIpc) is 3.21. The molecular formula is C19H26N4O5. The van der Waals surface area contributed by atoms with Gasteiger partial charge >= 0.3 is 5.97 Å². The van der Waals surface area contributed by atoms with Gasteiger partial charge in [0.05, 0.1) is 12.6 Å². The first-order valence-electron chi connectivity index (χ1n) is 9.24. The molecule has 3 unspecified atom stereocenters. The molecule has 9 heteroatoms. The van der Waals surface area contributed by atoms with Gasteiger partial charge in [0.25, 0.3) is 0 Å². The van der Waals surface area contributed by atoms with Crippen LogP contribution in [0.5, 0.6) is 0 Å². The van der Waals surface area contributed by atoms with Crippen LogP contribution in [0.3, 0.4) is 0 Å². The normalized spacial score (nSPS) is 18.0. The van der Waals surface area contributed by atoms with Crippen LogP contribution in [-0.4, -0.2) is 60.0 Å². The van der Waals surface area contributed by atoms with Gasteiger partial charge in [-0.2, -0.15) is 0 Å². The zero-order chi connectivity index (χ0) is 20.5. The molecule has 1 fully saturated rings. The van der Waals surface area contributed by atoms with E-state index in [1.807, 2.05) is 6.07 Å². The lowest BCUT2D eigenvalue weighted by atomic mass is 10.1. The monoisotopic (exact) mass is 390 g/mol. The number of aliphatic carboxylic acids is 1. The van der Waals surface area contributed by atoms with Gasteiger partial charge in [-0.1, -0.05) is 30.3 Å². The fraction of sp³-hybridized carbons (Fsp3) is 0.474. The Labute approximate surface area is 163 Å². The van der Waals surface area contributed by atoms with Gasteiger partial charge in [-0.15, -0.1) is 0 Å². The van der Waals surface area contributed by atoms with Gasteiger partial charge in [-0.3, -0.25) is 14.4 Å². The van der Waals surface area contributed by atoms with Crippen molar-refractivity contribution in [3.8, 4) is 0 Å². The molecule has 0 spiro atoms. The molecule has 1 heterocycles. The van der Waals surface area contributed by atoms with Crippen LogP contribution >= 0.6 is 0 Å². The van der Waals surface area contributed by atoms with E-state index in [0.717, 1.165) is 24.9 Å². The lowest BCUT2D eigenvalue weighted by Crippen LogP contribution is -2.53. The zero-order valence-electron chi connectivity index (χ0n) is 15.7. The largest absolute Gasteiger partial charge is 0.480 e. The number of benzene rings is 1. The van der Waals surface area contributed by atoms with Crippen molar-refractivity contribution >= 4 is 23.7 Å². The quantitative estimate of drug-likeness (QED) is 0.373. The van der Waals surface area contributed by atoms with E-state index in [1.165, 1.54) is 6.92 Å². The highest BCUT2D eigenvalue weighted by molar-refractivity contribution is 5.92. The van der Waals surface area contributed by atoms with Crippen LogP contribution in [-0.2, 0) is 25.6 Å². The third-order valence-corrected chi connectivity index (χ3v) is 4.47. The SMILES string of the molecule is CC(NC(=O)CNC(=O)C1CCCN1)C(=O)NC(Cc1ccccc1)C(=O)O. The predicted octanol–water partition coefficient (Wildman–Crippen LogP) is -0.829. The average molecular weight is 390 g/mol. The van der Waals surface area contributed by atoms with Gasteiger partial charge in [0.1, 0.15) is 12.1 Å². The fourth-order valence-electron chi connectivity index (χ4n) is 2.90. The van der Waals surface area contributed by atoms with Crippen LogP contribution in [0.25, 0.3) is 0 Å². The van der Waals surface area contributed by atoms with Gasteiger partial charge in [0.2, 0.25) is 17.7 Å². The number of hydrogen-bond donors (Lipinski definition) is 5. The maximum Gasteiger partial charge on any atom is 0.326 e. The standard InChI is InChI=1S/C19H26N4O5/c1-12(22-16(24)11-21-18(26)14-8-5-9-20-14)17(25)23-15(19(27)28)10-13-6-3-2-4-7-13/h2-4,6-7,12,14-15,20H,5,8-11H2,1H3,(H,21,26)(H,22,24)(H,23,25)(H,27,28). The summed E-state index contributed by atoms with van der Waals surface area (Å²) in [5.74, 6) is -2.55. The van der Waals surface area contributed by atoms with E-state index in [1.54, 1.807) is 24.3 Å². The zero-order valence-corrected chi connectivity index (χ0v) is 15.7. The van der Waals surface area contributed by atoms with Gasteiger partial charge in [-0.05, 0) is 31.9 Å². The Kier molecular flexibility index (Phi) is 7.94. The van der Waals surface area contributed by atoms with Crippen molar-refractivity contribution in [3.63, 3.8) is 0 Å². The Hall–Kier alpha value is -2.94. The van der Waals surface area contributed by atoms with Crippen molar-refractivity contribution in [2.45, 2.75) is 44.3 Å². The van der Waals surface area contributed by atoms with E-state index < -0.39 is 29.9 Å². The number of carbonyl (C=O) groups excluding carboxylic acids is 3. The predicted molar refractivity (Wildman–Crippen MR) is 101 cm³/mol.